The van der Waals surface area contributed by atoms with Crippen molar-refractivity contribution in [2.24, 2.45) is 5.41 Å². The number of fused-ring (bicyclic) bond motifs is 1. The highest BCUT2D eigenvalue weighted by molar-refractivity contribution is 5.41. The van der Waals surface area contributed by atoms with Gasteiger partial charge >= 0.3 is 0 Å². The molecule has 1 fully saturated rings. The van der Waals surface area contributed by atoms with Gasteiger partial charge < -0.3 is 4.74 Å². The van der Waals surface area contributed by atoms with Crippen LogP contribution in [0.15, 0.2) is 12.1 Å². The Hall–Kier alpha value is -0.860. The molecule has 2 heteroatoms. The molecule has 23 heavy (non-hydrogen) atoms. The van der Waals surface area contributed by atoms with Gasteiger partial charge in [-0.1, -0.05) is 53.7 Å². The van der Waals surface area contributed by atoms with Crippen LogP contribution >= 0.6 is 0 Å². The van der Waals surface area contributed by atoms with Crippen LogP contribution in [-0.2, 0) is 24.1 Å². The second-order valence-electron chi connectivity index (χ2n) is 7.59. The fourth-order valence-electron chi connectivity index (χ4n) is 3.80. The summed E-state index contributed by atoms with van der Waals surface area (Å²) < 4.78 is 5.40. The summed E-state index contributed by atoms with van der Waals surface area (Å²) in [5.41, 5.74) is 6.64. The molecule has 2 heterocycles. The van der Waals surface area contributed by atoms with Gasteiger partial charge in [-0.3, -0.25) is 4.90 Å². The third-order valence-electron chi connectivity index (χ3n) is 5.06. The molecule has 0 amide bonds. The molecule has 130 valence electrons. The lowest BCUT2D eigenvalue weighted by Crippen LogP contribution is -2.49. The predicted molar refractivity (Wildman–Crippen MR) is 99.2 cm³/mol. The van der Waals surface area contributed by atoms with E-state index in [0.717, 1.165) is 26.2 Å². The summed E-state index contributed by atoms with van der Waals surface area (Å²) in [5, 5.41) is 0. The van der Waals surface area contributed by atoms with Crippen LogP contribution in [0.5, 0.6) is 0 Å². The van der Waals surface area contributed by atoms with Crippen molar-refractivity contribution in [3.63, 3.8) is 0 Å². The molecule has 3 rings (SSSR count). The highest BCUT2D eigenvalue weighted by atomic mass is 16.5. The molecule has 2 aliphatic rings. The molecule has 0 bridgehead atoms. The van der Waals surface area contributed by atoms with Crippen LogP contribution in [0.2, 0.25) is 0 Å². The number of hydrogen-bond donors (Lipinski definition) is 0. The highest BCUT2D eigenvalue weighted by Gasteiger charge is 2.35. The van der Waals surface area contributed by atoms with E-state index in [1.54, 1.807) is 22.3 Å². The Morgan fingerprint density at radius 3 is 2.39 bits per heavy atom. The van der Waals surface area contributed by atoms with Crippen molar-refractivity contribution in [1.82, 2.24) is 4.90 Å². The summed E-state index contributed by atoms with van der Waals surface area (Å²) in [6.07, 6.45) is 2.35. The zero-order valence-electron chi connectivity index (χ0n) is 16.0. The molecule has 2 aliphatic heterocycles. The predicted octanol–water partition coefficient (Wildman–Crippen LogP) is 4.79. The van der Waals surface area contributed by atoms with E-state index in [1.807, 2.05) is 13.8 Å². The average Bonchev–Trinajstić information content (AvgIpc) is 2.53. The molecule has 0 unspecified atom stereocenters. The first-order valence-corrected chi connectivity index (χ1v) is 9.45. The minimum atomic E-state index is 0.392. The molecule has 2 nitrogen and oxygen atoms in total. The Morgan fingerprint density at radius 2 is 1.87 bits per heavy atom. The molecule has 0 saturated carbocycles. The van der Waals surface area contributed by atoms with Gasteiger partial charge in [0.25, 0.3) is 0 Å². The van der Waals surface area contributed by atoms with Gasteiger partial charge in [0, 0.05) is 25.0 Å². The zero-order chi connectivity index (χ0) is 17.0. The van der Waals surface area contributed by atoms with Crippen molar-refractivity contribution in [2.45, 2.75) is 66.8 Å². The largest absolute Gasteiger partial charge is 0.380 e. The van der Waals surface area contributed by atoms with Crippen molar-refractivity contribution in [3.8, 4) is 0 Å². The molecule has 1 saturated heterocycles. The van der Waals surface area contributed by atoms with E-state index < -0.39 is 0 Å². The first-order chi connectivity index (χ1) is 11.0. The quantitative estimate of drug-likeness (QED) is 0.791. The van der Waals surface area contributed by atoms with Gasteiger partial charge in [0.15, 0.2) is 0 Å². The number of rotatable bonds is 4. The highest BCUT2D eigenvalue weighted by Crippen LogP contribution is 2.32. The summed E-state index contributed by atoms with van der Waals surface area (Å²) in [6, 6.07) is 4.97. The van der Waals surface area contributed by atoms with Crippen LogP contribution in [-0.4, -0.2) is 31.2 Å². The Morgan fingerprint density at radius 1 is 1.17 bits per heavy atom. The summed E-state index contributed by atoms with van der Waals surface area (Å²) in [7, 11) is 0. The van der Waals surface area contributed by atoms with Gasteiger partial charge in [0.2, 0.25) is 0 Å². The van der Waals surface area contributed by atoms with E-state index in [0.29, 0.717) is 11.3 Å². The molecule has 0 aromatic heterocycles. The molecular weight excluding hydrogens is 282 g/mol. The van der Waals surface area contributed by atoms with Crippen LogP contribution in [0.1, 0.15) is 69.7 Å². The average molecular weight is 318 g/mol. The van der Waals surface area contributed by atoms with Gasteiger partial charge in [0.1, 0.15) is 0 Å². The maximum atomic E-state index is 5.40. The molecule has 0 atom stereocenters. The SMILES string of the molecule is CC.CCc1cc2c(cc1C(C)C)CCN(CC1(C)COC1)C2. The van der Waals surface area contributed by atoms with E-state index in [4.69, 9.17) is 4.74 Å². The molecule has 0 N–H and O–H groups in total. The Bertz CT molecular complexity index is 517. The topological polar surface area (TPSA) is 12.5 Å². The number of benzene rings is 1. The van der Waals surface area contributed by atoms with E-state index in [9.17, 15) is 0 Å². The Kier molecular flexibility index (Phi) is 6.27. The van der Waals surface area contributed by atoms with Crippen LogP contribution < -0.4 is 0 Å². The minimum Gasteiger partial charge on any atom is -0.380 e. The van der Waals surface area contributed by atoms with Crippen molar-refractivity contribution >= 4 is 0 Å². The van der Waals surface area contributed by atoms with Crippen molar-refractivity contribution in [3.05, 3.63) is 34.4 Å². The fourth-order valence-corrected chi connectivity index (χ4v) is 3.80. The van der Waals surface area contributed by atoms with E-state index in [-0.39, 0.29) is 0 Å². The first-order valence-electron chi connectivity index (χ1n) is 9.45. The van der Waals surface area contributed by atoms with Gasteiger partial charge in [0.05, 0.1) is 13.2 Å². The van der Waals surface area contributed by atoms with Gasteiger partial charge in [-0.05, 0) is 41.0 Å². The Labute approximate surface area is 143 Å². The lowest BCUT2D eigenvalue weighted by Gasteiger charge is -2.43. The number of hydrogen-bond acceptors (Lipinski definition) is 2. The number of nitrogens with zero attached hydrogens (tertiary/aromatic N) is 1. The monoisotopic (exact) mass is 317 g/mol. The van der Waals surface area contributed by atoms with E-state index >= 15 is 0 Å². The number of ether oxygens (including phenoxy) is 1. The van der Waals surface area contributed by atoms with Crippen LogP contribution in [0, 0.1) is 5.41 Å². The van der Waals surface area contributed by atoms with Crippen LogP contribution in [0.25, 0.3) is 0 Å². The van der Waals surface area contributed by atoms with Gasteiger partial charge in [-0.25, -0.2) is 0 Å². The first kappa shape index (κ1) is 18.5. The lowest BCUT2D eigenvalue weighted by molar-refractivity contribution is -0.116. The van der Waals surface area contributed by atoms with Gasteiger partial charge in [-0.2, -0.15) is 0 Å². The van der Waals surface area contributed by atoms with E-state index in [1.165, 1.54) is 19.5 Å². The lowest BCUT2D eigenvalue weighted by atomic mass is 9.85. The maximum Gasteiger partial charge on any atom is 0.0554 e. The van der Waals surface area contributed by atoms with Gasteiger partial charge in [-0.15, -0.1) is 0 Å². The molecule has 1 aromatic carbocycles. The number of aryl methyl sites for hydroxylation is 1. The molecule has 0 radical (unpaired) electrons. The molecule has 0 aliphatic carbocycles. The Balaban J connectivity index is 0.000000924. The normalized spacial score (nSPS) is 19.6. The smallest absolute Gasteiger partial charge is 0.0554 e. The summed E-state index contributed by atoms with van der Waals surface area (Å²) in [5.74, 6) is 0.634. The second kappa shape index (κ2) is 7.81. The third-order valence-corrected chi connectivity index (χ3v) is 5.06. The second-order valence-corrected chi connectivity index (χ2v) is 7.59. The van der Waals surface area contributed by atoms with Crippen molar-refractivity contribution < 1.29 is 4.74 Å². The summed E-state index contributed by atoms with van der Waals surface area (Å²) in [4.78, 5) is 2.62. The van der Waals surface area contributed by atoms with E-state index in [2.05, 4.69) is 44.7 Å². The zero-order valence-corrected chi connectivity index (χ0v) is 16.0. The fraction of sp³-hybridized carbons (Fsp3) is 0.714. The minimum absolute atomic E-state index is 0.392. The van der Waals surface area contributed by atoms with Crippen LogP contribution in [0.3, 0.4) is 0 Å². The summed E-state index contributed by atoms with van der Waals surface area (Å²) in [6.45, 7) is 18.6. The molecular formula is C21H35NO. The summed E-state index contributed by atoms with van der Waals surface area (Å²) >= 11 is 0. The standard InChI is InChI=1S/C19H29NO.C2H6/c1-5-15-8-17-10-20(11-19(4)12-21-13-19)7-6-16(17)9-18(15)14(2)3;1-2/h8-9,14H,5-7,10-13H2,1-4H3;1-2H3. The van der Waals surface area contributed by atoms with Crippen molar-refractivity contribution in [1.29, 1.82) is 0 Å². The van der Waals surface area contributed by atoms with Crippen molar-refractivity contribution in [2.75, 3.05) is 26.3 Å². The van der Waals surface area contributed by atoms with Crippen LogP contribution in [0.4, 0.5) is 0 Å². The molecule has 0 spiro atoms. The molecule has 1 aromatic rings. The third kappa shape index (κ3) is 4.16. The maximum absolute atomic E-state index is 5.40.